The average molecular weight is 650 g/mol. The van der Waals surface area contributed by atoms with Gasteiger partial charge in [0.25, 0.3) is 0 Å². The fraction of sp³-hybridized carbons (Fsp3) is 0.371. The second kappa shape index (κ2) is 15.4. The van der Waals surface area contributed by atoms with E-state index in [-0.39, 0.29) is 23.6 Å². The van der Waals surface area contributed by atoms with Crippen LogP contribution in [0.15, 0.2) is 72.1 Å². The number of hydrogen-bond acceptors (Lipinski definition) is 7. The molecular formula is C35H43N3O5S2. The number of benzene rings is 3. The topological polar surface area (TPSA) is 109 Å². The van der Waals surface area contributed by atoms with Crippen LogP contribution in [0.5, 0.6) is 5.75 Å². The first-order chi connectivity index (χ1) is 21.5. The molecule has 4 aromatic rings. The third kappa shape index (κ3) is 9.55. The lowest BCUT2D eigenvalue weighted by Gasteiger charge is -2.30. The third-order valence-corrected chi connectivity index (χ3v) is 9.04. The minimum absolute atomic E-state index is 0.00963. The average Bonchev–Trinajstić information content (AvgIpc) is 3.48. The molecule has 2 N–H and O–H groups in total. The molecule has 45 heavy (non-hydrogen) atoms. The molecule has 0 unspecified atom stereocenters. The van der Waals surface area contributed by atoms with Gasteiger partial charge in [-0.2, -0.15) is 0 Å². The first-order valence-electron chi connectivity index (χ1n) is 15.4. The number of hydrogen-bond donors (Lipinski definition) is 2. The van der Waals surface area contributed by atoms with Crippen molar-refractivity contribution in [3.8, 4) is 17.0 Å². The van der Waals surface area contributed by atoms with Gasteiger partial charge < -0.3 is 14.7 Å². The molecule has 0 saturated heterocycles. The molecule has 0 bridgehead atoms. The molecule has 0 radical (unpaired) electrons. The Hall–Kier alpha value is -3.89. The molecule has 3 aromatic carbocycles. The number of carboxylic acid groups (broad SMARTS) is 1. The van der Waals surface area contributed by atoms with Crippen molar-refractivity contribution in [1.82, 2.24) is 4.98 Å². The van der Waals surface area contributed by atoms with E-state index in [0.29, 0.717) is 17.0 Å². The minimum Gasteiger partial charge on any atom is -0.484 e. The second-order valence-electron chi connectivity index (χ2n) is 11.6. The van der Waals surface area contributed by atoms with Crippen molar-refractivity contribution in [2.24, 2.45) is 0 Å². The van der Waals surface area contributed by atoms with E-state index >= 15 is 0 Å². The summed E-state index contributed by atoms with van der Waals surface area (Å²) in [5, 5.41) is 12.0. The fourth-order valence-corrected chi connectivity index (χ4v) is 6.65. The molecule has 0 amide bonds. The van der Waals surface area contributed by atoms with Crippen molar-refractivity contribution < 1.29 is 23.1 Å². The maximum absolute atomic E-state index is 11.8. The van der Waals surface area contributed by atoms with Crippen LogP contribution in [0.3, 0.4) is 0 Å². The number of anilines is 2. The van der Waals surface area contributed by atoms with Crippen LogP contribution in [-0.4, -0.2) is 36.8 Å². The predicted octanol–water partition coefficient (Wildman–Crippen LogP) is 8.56. The standard InChI is InChI=1S/C35H43N3O5S2/c1-6-8-26(9-7-2)27-14-17-30(18-15-27)38(24(3)4)21-25-10-12-28(13-11-25)32-23-44-34(36-32)22-43-33-20-29(35(39)40)16-19-31(33)37-45(5,41)42/h10-20,23-24,26,37H,6-9,21-22H2,1-5H3,(H,39,40). The van der Waals surface area contributed by atoms with Gasteiger partial charge in [0, 0.05) is 29.2 Å². The number of sulfonamides is 1. The smallest absolute Gasteiger partial charge is 0.335 e. The Kier molecular flexibility index (Phi) is 11.6. The van der Waals surface area contributed by atoms with Crippen LogP contribution in [0.2, 0.25) is 0 Å². The molecule has 240 valence electrons. The minimum atomic E-state index is -3.58. The summed E-state index contributed by atoms with van der Waals surface area (Å²) in [6.45, 7) is 9.81. The van der Waals surface area contributed by atoms with Gasteiger partial charge >= 0.3 is 5.97 Å². The van der Waals surface area contributed by atoms with Crippen LogP contribution < -0.4 is 14.4 Å². The lowest BCUT2D eigenvalue weighted by molar-refractivity contribution is 0.0696. The van der Waals surface area contributed by atoms with E-state index in [2.05, 4.69) is 85.8 Å². The fourth-order valence-electron chi connectivity index (χ4n) is 5.37. The van der Waals surface area contributed by atoms with Crippen molar-refractivity contribution >= 4 is 38.7 Å². The zero-order valence-corrected chi connectivity index (χ0v) is 28.2. The van der Waals surface area contributed by atoms with Crippen molar-refractivity contribution in [2.75, 3.05) is 15.9 Å². The highest BCUT2D eigenvalue weighted by atomic mass is 32.2. The van der Waals surface area contributed by atoms with E-state index in [0.717, 1.165) is 24.1 Å². The van der Waals surface area contributed by atoms with Gasteiger partial charge in [0.1, 0.15) is 17.4 Å². The maximum atomic E-state index is 11.8. The highest BCUT2D eigenvalue weighted by Crippen LogP contribution is 2.31. The number of nitrogens with one attached hydrogen (secondary N) is 1. The molecule has 0 atom stereocenters. The van der Waals surface area contributed by atoms with Crippen LogP contribution in [0, 0.1) is 0 Å². The van der Waals surface area contributed by atoms with Crippen molar-refractivity contribution in [3.63, 3.8) is 0 Å². The van der Waals surface area contributed by atoms with Crippen molar-refractivity contribution in [2.45, 2.75) is 78.5 Å². The van der Waals surface area contributed by atoms with Crippen LogP contribution in [0.1, 0.15) is 85.8 Å². The Morgan fingerprint density at radius 3 is 2.24 bits per heavy atom. The largest absolute Gasteiger partial charge is 0.484 e. The summed E-state index contributed by atoms with van der Waals surface area (Å²) in [6.07, 6.45) is 5.88. The Balaban J connectivity index is 1.43. The quantitative estimate of drug-likeness (QED) is 0.125. The first-order valence-corrected chi connectivity index (χ1v) is 18.1. The van der Waals surface area contributed by atoms with Gasteiger partial charge in [-0.25, -0.2) is 18.2 Å². The molecule has 0 spiro atoms. The van der Waals surface area contributed by atoms with Gasteiger partial charge in [-0.05, 0) is 74.1 Å². The molecule has 0 aliphatic rings. The Bertz CT molecular complexity index is 1660. The van der Waals surface area contributed by atoms with Gasteiger partial charge in [-0.3, -0.25) is 4.72 Å². The lowest BCUT2D eigenvalue weighted by atomic mass is 9.90. The van der Waals surface area contributed by atoms with Gasteiger partial charge in [-0.1, -0.05) is 63.1 Å². The molecular weight excluding hydrogens is 607 g/mol. The molecule has 4 rings (SSSR count). The first kappa shape index (κ1) is 34.0. The van der Waals surface area contributed by atoms with E-state index < -0.39 is 16.0 Å². The van der Waals surface area contributed by atoms with Gasteiger partial charge in [-0.15, -0.1) is 11.3 Å². The van der Waals surface area contributed by atoms with Gasteiger partial charge in [0.05, 0.1) is 23.2 Å². The van der Waals surface area contributed by atoms with Crippen molar-refractivity contribution in [1.29, 1.82) is 0 Å². The van der Waals surface area contributed by atoms with Crippen LogP contribution in [0.25, 0.3) is 11.3 Å². The number of carboxylic acids is 1. The molecule has 0 fully saturated rings. The van der Waals surface area contributed by atoms with E-state index in [1.807, 2.05) is 5.38 Å². The summed E-state index contributed by atoms with van der Waals surface area (Å²) in [5.41, 5.74) is 5.80. The number of nitrogens with zero attached hydrogens (tertiary/aromatic N) is 2. The van der Waals surface area contributed by atoms with Crippen LogP contribution in [0.4, 0.5) is 11.4 Å². The Labute approximate surface area is 271 Å². The summed E-state index contributed by atoms with van der Waals surface area (Å²) in [4.78, 5) is 18.6. The molecule has 10 heteroatoms. The highest BCUT2D eigenvalue weighted by Gasteiger charge is 2.16. The monoisotopic (exact) mass is 649 g/mol. The number of rotatable bonds is 16. The molecule has 0 aliphatic heterocycles. The summed E-state index contributed by atoms with van der Waals surface area (Å²) >= 11 is 1.42. The summed E-state index contributed by atoms with van der Waals surface area (Å²) in [6, 6.07) is 21.9. The molecule has 1 aromatic heterocycles. The zero-order chi connectivity index (χ0) is 32.6. The third-order valence-electron chi connectivity index (χ3n) is 7.62. The number of aromatic nitrogens is 1. The number of carbonyl (C=O) groups is 1. The van der Waals surface area contributed by atoms with Crippen molar-refractivity contribution in [3.05, 3.63) is 93.8 Å². The summed E-state index contributed by atoms with van der Waals surface area (Å²) in [5.74, 6) is -0.389. The number of ether oxygens (including phenoxy) is 1. The van der Waals surface area contributed by atoms with E-state index in [1.165, 1.54) is 72.0 Å². The maximum Gasteiger partial charge on any atom is 0.335 e. The highest BCUT2D eigenvalue weighted by molar-refractivity contribution is 7.92. The van der Waals surface area contributed by atoms with Crippen LogP contribution >= 0.6 is 11.3 Å². The van der Waals surface area contributed by atoms with Gasteiger partial charge in [0.2, 0.25) is 10.0 Å². The SMILES string of the molecule is CCCC(CCC)c1ccc(N(Cc2ccc(-c3csc(COc4cc(C(=O)O)ccc4NS(C)(=O)=O)n3)cc2)C(C)C)cc1. The van der Waals surface area contributed by atoms with E-state index in [1.54, 1.807) is 0 Å². The molecule has 1 heterocycles. The number of thiazole rings is 1. The van der Waals surface area contributed by atoms with E-state index in [4.69, 9.17) is 9.72 Å². The Morgan fingerprint density at radius 2 is 1.67 bits per heavy atom. The molecule has 0 saturated carbocycles. The van der Waals surface area contributed by atoms with Gasteiger partial charge in [0.15, 0.2) is 0 Å². The zero-order valence-electron chi connectivity index (χ0n) is 26.6. The second-order valence-corrected chi connectivity index (χ2v) is 14.3. The normalized spacial score (nSPS) is 11.6. The molecule has 8 nitrogen and oxygen atoms in total. The summed E-state index contributed by atoms with van der Waals surface area (Å²) in [7, 11) is -3.58. The lowest BCUT2D eigenvalue weighted by Crippen LogP contribution is -2.30. The summed E-state index contributed by atoms with van der Waals surface area (Å²) < 4.78 is 31.7. The van der Waals surface area contributed by atoms with E-state index in [9.17, 15) is 18.3 Å². The van der Waals surface area contributed by atoms with Crippen LogP contribution in [-0.2, 0) is 23.2 Å². The predicted molar refractivity (Wildman–Crippen MR) is 184 cm³/mol. The number of aromatic carboxylic acids is 1. The molecule has 0 aliphatic carbocycles. The Morgan fingerprint density at radius 1 is 1.00 bits per heavy atom.